The lowest BCUT2D eigenvalue weighted by atomic mass is 9.80. The van der Waals surface area contributed by atoms with Gasteiger partial charge < -0.3 is 15.3 Å². The summed E-state index contributed by atoms with van der Waals surface area (Å²) in [6.07, 6.45) is -0.550. The summed E-state index contributed by atoms with van der Waals surface area (Å²) >= 11 is 0. The van der Waals surface area contributed by atoms with Gasteiger partial charge in [-0.2, -0.15) is 0 Å². The second kappa shape index (κ2) is 3.96. The minimum atomic E-state index is -1.49. The van der Waals surface area contributed by atoms with Gasteiger partial charge in [-0.25, -0.2) is 0 Å². The first-order valence-corrected chi connectivity index (χ1v) is 4.24. The van der Waals surface area contributed by atoms with Crippen LogP contribution in [-0.4, -0.2) is 32.9 Å². The fraction of sp³-hybridized carbons (Fsp3) is 0.778. The van der Waals surface area contributed by atoms with Crippen LogP contribution < -0.4 is 0 Å². The molecule has 0 fully saturated rings. The van der Waals surface area contributed by atoms with Crippen molar-refractivity contribution >= 4 is 11.9 Å². The molecule has 14 heavy (non-hydrogen) atoms. The van der Waals surface area contributed by atoms with Crippen molar-refractivity contribution in [2.75, 3.05) is 0 Å². The summed E-state index contributed by atoms with van der Waals surface area (Å²) in [7, 11) is 0. The zero-order valence-corrected chi connectivity index (χ0v) is 8.57. The Labute approximate surface area is 82.4 Å². The summed E-state index contributed by atoms with van der Waals surface area (Å²) in [5, 5.41) is 26.9. The van der Waals surface area contributed by atoms with E-state index in [1.54, 1.807) is 0 Å². The quantitative estimate of drug-likeness (QED) is 0.613. The van der Waals surface area contributed by atoms with Crippen LogP contribution in [0.25, 0.3) is 0 Å². The Morgan fingerprint density at radius 2 is 1.57 bits per heavy atom. The van der Waals surface area contributed by atoms with Crippen molar-refractivity contribution in [3.63, 3.8) is 0 Å². The number of carboxylic acids is 2. The van der Waals surface area contributed by atoms with Crippen LogP contribution in [-0.2, 0) is 9.59 Å². The highest BCUT2D eigenvalue weighted by Gasteiger charge is 2.37. The molecule has 3 N–H and O–H groups in total. The molecule has 5 nitrogen and oxygen atoms in total. The van der Waals surface area contributed by atoms with E-state index in [0.29, 0.717) is 0 Å². The molecule has 0 amide bonds. The third-order valence-corrected chi connectivity index (χ3v) is 1.93. The predicted molar refractivity (Wildman–Crippen MR) is 48.9 cm³/mol. The minimum absolute atomic E-state index is 0.0956. The predicted octanol–water partition coefficient (Wildman–Crippen LogP) is 0.713. The maximum atomic E-state index is 10.7. The van der Waals surface area contributed by atoms with E-state index in [2.05, 4.69) is 0 Å². The van der Waals surface area contributed by atoms with Crippen LogP contribution >= 0.6 is 0 Å². The first-order chi connectivity index (χ1) is 6.07. The molecule has 0 aromatic rings. The van der Waals surface area contributed by atoms with Crippen molar-refractivity contribution in [1.82, 2.24) is 0 Å². The van der Waals surface area contributed by atoms with Crippen LogP contribution in [0.1, 0.15) is 33.6 Å². The van der Waals surface area contributed by atoms with Crippen molar-refractivity contribution in [3.8, 4) is 0 Å². The summed E-state index contributed by atoms with van der Waals surface area (Å²) in [5.41, 5.74) is -2.62. The molecule has 0 bridgehead atoms. The maximum absolute atomic E-state index is 10.7. The molecule has 0 rings (SSSR count). The van der Waals surface area contributed by atoms with Crippen LogP contribution in [0.5, 0.6) is 0 Å². The molecule has 5 heteroatoms. The highest BCUT2D eigenvalue weighted by Crippen LogP contribution is 2.30. The lowest BCUT2D eigenvalue weighted by molar-refractivity contribution is -0.154. The Bertz CT molecular complexity index is 242. The van der Waals surface area contributed by atoms with Crippen LogP contribution in [0.4, 0.5) is 0 Å². The van der Waals surface area contributed by atoms with Gasteiger partial charge in [-0.3, -0.25) is 9.59 Å². The van der Waals surface area contributed by atoms with Crippen molar-refractivity contribution < 1.29 is 24.9 Å². The fourth-order valence-corrected chi connectivity index (χ4v) is 1.42. The van der Waals surface area contributed by atoms with E-state index in [0.717, 1.165) is 0 Å². The van der Waals surface area contributed by atoms with Crippen molar-refractivity contribution in [3.05, 3.63) is 0 Å². The third kappa shape index (κ3) is 4.23. The Balaban J connectivity index is 4.49. The van der Waals surface area contributed by atoms with Crippen molar-refractivity contribution in [2.45, 2.75) is 39.2 Å². The Morgan fingerprint density at radius 3 is 1.86 bits per heavy atom. The van der Waals surface area contributed by atoms with Crippen LogP contribution in [0.2, 0.25) is 0 Å². The maximum Gasteiger partial charge on any atom is 0.309 e. The third-order valence-electron chi connectivity index (χ3n) is 1.93. The minimum Gasteiger partial charge on any atom is -0.481 e. The molecule has 82 valence electrons. The van der Waals surface area contributed by atoms with E-state index >= 15 is 0 Å². The van der Waals surface area contributed by atoms with Crippen LogP contribution in [0.3, 0.4) is 0 Å². The molecular weight excluding hydrogens is 188 g/mol. The number of aliphatic hydroxyl groups is 1. The number of rotatable bonds is 5. The molecular formula is C9H16O5. The number of hydrogen-bond acceptors (Lipinski definition) is 3. The second-order valence-electron chi connectivity index (χ2n) is 4.43. The highest BCUT2D eigenvalue weighted by molar-refractivity contribution is 5.74. The molecule has 0 aliphatic carbocycles. The molecule has 1 atom stereocenters. The van der Waals surface area contributed by atoms with E-state index in [4.69, 9.17) is 10.2 Å². The first kappa shape index (κ1) is 12.9. The largest absolute Gasteiger partial charge is 0.481 e. The van der Waals surface area contributed by atoms with E-state index in [1.807, 2.05) is 0 Å². The van der Waals surface area contributed by atoms with Gasteiger partial charge in [0.2, 0.25) is 0 Å². The average Bonchev–Trinajstić information content (AvgIpc) is 1.79. The molecule has 0 aliphatic rings. The highest BCUT2D eigenvalue weighted by atomic mass is 16.4. The van der Waals surface area contributed by atoms with Gasteiger partial charge >= 0.3 is 11.9 Å². The zero-order valence-electron chi connectivity index (χ0n) is 8.57. The zero-order chi connectivity index (χ0) is 11.6. The number of hydrogen-bond donors (Lipinski definition) is 3. The number of carbonyl (C=O) groups is 2. The standard InChI is InChI=1S/C9H16O5/c1-8(2,7(12)13)5-9(3,14)4-6(10)11/h14H,4-5H2,1-3H3,(H,10,11)(H,12,13). The van der Waals surface area contributed by atoms with Crippen molar-refractivity contribution in [2.24, 2.45) is 5.41 Å². The molecule has 1 unspecified atom stereocenters. The lowest BCUT2D eigenvalue weighted by Crippen LogP contribution is -2.37. The van der Waals surface area contributed by atoms with Crippen LogP contribution in [0, 0.1) is 5.41 Å². The normalized spacial score (nSPS) is 16.0. The van der Waals surface area contributed by atoms with Gasteiger partial charge in [0.1, 0.15) is 0 Å². The SMILES string of the molecule is CC(O)(CC(=O)O)CC(C)(C)C(=O)O. The summed E-state index contributed by atoms with van der Waals surface area (Å²) in [6.45, 7) is 4.23. The molecule has 0 spiro atoms. The summed E-state index contributed by atoms with van der Waals surface area (Å²) in [6, 6.07) is 0. The van der Waals surface area contributed by atoms with Gasteiger partial charge in [0.25, 0.3) is 0 Å². The molecule has 0 aromatic heterocycles. The molecule has 0 radical (unpaired) electrons. The Morgan fingerprint density at radius 1 is 1.14 bits per heavy atom. The van der Waals surface area contributed by atoms with E-state index in [1.165, 1.54) is 20.8 Å². The summed E-state index contributed by atoms with van der Waals surface area (Å²) in [4.78, 5) is 21.1. The topological polar surface area (TPSA) is 94.8 Å². The smallest absolute Gasteiger partial charge is 0.309 e. The number of aliphatic carboxylic acids is 2. The molecule has 0 saturated heterocycles. The molecule has 0 saturated carbocycles. The van der Waals surface area contributed by atoms with Gasteiger partial charge in [0.15, 0.2) is 0 Å². The van der Waals surface area contributed by atoms with Gasteiger partial charge in [0, 0.05) is 0 Å². The second-order valence-corrected chi connectivity index (χ2v) is 4.43. The monoisotopic (exact) mass is 204 g/mol. The average molecular weight is 204 g/mol. The lowest BCUT2D eigenvalue weighted by Gasteiger charge is -2.29. The van der Waals surface area contributed by atoms with Gasteiger partial charge in [0.05, 0.1) is 17.4 Å². The summed E-state index contributed by atoms with van der Waals surface area (Å²) in [5.74, 6) is -2.20. The van der Waals surface area contributed by atoms with Crippen LogP contribution in [0.15, 0.2) is 0 Å². The number of carboxylic acid groups (broad SMARTS) is 2. The van der Waals surface area contributed by atoms with E-state index in [9.17, 15) is 14.7 Å². The van der Waals surface area contributed by atoms with E-state index < -0.39 is 29.4 Å². The molecule has 0 aliphatic heterocycles. The summed E-state index contributed by atoms with van der Waals surface area (Å²) < 4.78 is 0. The van der Waals surface area contributed by atoms with E-state index in [-0.39, 0.29) is 6.42 Å². The fourth-order valence-electron chi connectivity index (χ4n) is 1.42. The molecule has 0 aromatic carbocycles. The van der Waals surface area contributed by atoms with Crippen molar-refractivity contribution in [1.29, 1.82) is 0 Å². The Kier molecular flexibility index (Phi) is 3.65. The Hall–Kier alpha value is -1.10. The first-order valence-electron chi connectivity index (χ1n) is 4.24. The van der Waals surface area contributed by atoms with Gasteiger partial charge in [-0.05, 0) is 27.2 Å². The van der Waals surface area contributed by atoms with Gasteiger partial charge in [-0.15, -0.1) is 0 Å². The molecule has 0 heterocycles. The van der Waals surface area contributed by atoms with Gasteiger partial charge in [-0.1, -0.05) is 0 Å².